The second kappa shape index (κ2) is 7.01. The van der Waals surface area contributed by atoms with Crippen molar-refractivity contribution in [2.45, 2.75) is 51.2 Å². The van der Waals surface area contributed by atoms with Gasteiger partial charge in [0, 0.05) is 16.6 Å². The Hall–Kier alpha value is -0.450. The zero-order valence-electron chi connectivity index (χ0n) is 12.2. The SMILES string of the molecule is CCCNC(c1cc(Br)ccc1F)C1(C)CCCCO1. The van der Waals surface area contributed by atoms with Gasteiger partial charge in [-0.15, -0.1) is 0 Å². The molecule has 0 radical (unpaired) electrons. The number of ether oxygens (including phenoxy) is 1. The highest BCUT2D eigenvalue weighted by Gasteiger charge is 2.38. The van der Waals surface area contributed by atoms with Crippen molar-refractivity contribution < 1.29 is 9.13 Å². The van der Waals surface area contributed by atoms with Crippen molar-refractivity contribution in [3.8, 4) is 0 Å². The van der Waals surface area contributed by atoms with Crippen LogP contribution in [0.2, 0.25) is 0 Å². The Morgan fingerprint density at radius 3 is 2.90 bits per heavy atom. The number of hydrogen-bond acceptors (Lipinski definition) is 2. The predicted octanol–water partition coefficient (Wildman–Crippen LogP) is 4.59. The van der Waals surface area contributed by atoms with E-state index in [-0.39, 0.29) is 17.5 Å². The summed E-state index contributed by atoms with van der Waals surface area (Å²) < 4.78 is 21.2. The van der Waals surface area contributed by atoms with Gasteiger partial charge in [0.05, 0.1) is 11.6 Å². The second-order valence-corrected chi connectivity index (χ2v) is 6.59. The number of nitrogens with one attached hydrogen (secondary N) is 1. The molecule has 0 aromatic heterocycles. The Labute approximate surface area is 129 Å². The Kier molecular flexibility index (Phi) is 5.58. The number of benzene rings is 1. The van der Waals surface area contributed by atoms with E-state index in [0.29, 0.717) is 5.56 Å². The van der Waals surface area contributed by atoms with Crippen molar-refractivity contribution in [1.82, 2.24) is 5.32 Å². The molecule has 2 rings (SSSR count). The first kappa shape index (κ1) is 15.9. The van der Waals surface area contributed by atoms with E-state index in [4.69, 9.17) is 4.74 Å². The number of halogens is 2. The lowest BCUT2D eigenvalue weighted by atomic mass is 9.84. The maximum atomic E-state index is 14.3. The highest BCUT2D eigenvalue weighted by molar-refractivity contribution is 9.10. The Bertz CT molecular complexity index is 446. The normalized spacial score (nSPS) is 24.6. The van der Waals surface area contributed by atoms with Crippen molar-refractivity contribution in [2.24, 2.45) is 0 Å². The third-order valence-corrected chi connectivity index (χ3v) is 4.47. The van der Waals surface area contributed by atoms with Gasteiger partial charge in [0.25, 0.3) is 0 Å². The molecule has 1 aliphatic heterocycles. The maximum Gasteiger partial charge on any atom is 0.128 e. The fourth-order valence-electron chi connectivity index (χ4n) is 2.86. The van der Waals surface area contributed by atoms with Crippen LogP contribution in [0.25, 0.3) is 0 Å². The standard InChI is InChI=1S/C16H23BrFNO/c1-3-9-19-15(16(2)8-4-5-10-20-16)13-11-12(17)6-7-14(13)18/h6-7,11,15,19H,3-5,8-10H2,1-2H3. The smallest absolute Gasteiger partial charge is 0.128 e. The van der Waals surface area contributed by atoms with E-state index in [1.165, 1.54) is 6.07 Å². The maximum absolute atomic E-state index is 14.3. The highest BCUT2D eigenvalue weighted by Crippen LogP contribution is 2.38. The van der Waals surface area contributed by atoms with E-state index < -0.39 is 0 Å². The van der Waals surface area contributed by atoms with E-state index in [0.717, 1.165) is 43.3 Å². The van der Waals surface area contributed by atoms with Crippen LogP contribution in [0, 0.1) is 5.82 Å². The summed E-state index contributed by atoms with van der Waals surface area (Å²) in [5, 5.41) is 3.48. The predicted molar refractivity (Wildman–Crippen MR) is 83.3 cm³/mol. The summed E-state index contributed by atoms with van der Waals surface area (Å²) in [5.41, 5.74) is 0.354. The van der Waals surface area contributed by atoms with E-state index in [1.807, 2.05) is 6.07 Å². The van der Waals surface area contributed by atoms with Crippen LogP contribution in [-0.4, -0.2) is 18.8 Å². The molecule has 1 fully saturated rings. The molecule has 2 unspecified atom stereocenters. The molecule has 1 saturated heterocycles. The summed E-state index contributed by atoms with van der Waals surface area (Å²) in [7, 11) is 0. The topological polar surface area (TPSA) is 21.3 Å². The van der Waals surface area contributed by atoms with Crippen LogP contribution < -0.4 is 5.32 Å². The monoisotopic (exact) mass is 343 g/mol. The van der Waals surface area contributed by atoms with Gasteiger partial charge in [-0.3, -0.25) is 0 Å². The third-order valence-electron chi connectivity index (χ3n) is 3.98. The number of rotatable bonds is 5. The van der Waals surface area contributed by atoms with E-state index in [2.05, 4.69) is 35.1 Å². The van der Waals surface area contributed by atoms with Crippen LogP contribution in [0.15, 0.2) is 22.7 Å². The summed E-state index contributed by atoms with van der Waals surface area (Å²) in [6.07, 6.45) is 4.20. The van der Waals surface area contributed by atoms with Crippen molar-refractivity contribution in [2.75, 3.05) is 13.2 Å². The first-order valence-corrected chi connectivity index (χ1v) is 8.18. The average Bonchev–Trinajstić information content (AvgIpc) is 2.43. The second-order valence-electron chi connectivity index (χ2n) is 5.67. The van der Waals surface area contributed by atoms with Crippen LogP contribution in [0.5, 0.6) is 0 Å². The summed E-state index contributed by atoms with van der Waals surface area (Å²) >= 11 is 3.44. The van der Waals surface area contributed by atoms with E-state index in [9.17, 15) is 4.39 Å². The molecular formula is C16H23BrFNO. The van der Waals surface area contributed by atoms with Gasteiger partial charge in [0.2, 0.25) is 0 Å². The Balaban J connectivity index is 2.33. The quantitative estimate of drug-likeness (QED) is 0.844. The van der Waals surface area contributed by atoms with Gasteiger partial charge in [0.1, 0.15) is 5.82 Å². The van der Waals surface area contributed by atoms with Crippen molar-refractivity contribution >= 4 is 15.9 Å². The minimum absolute atomic E-state index is 0.111. The zero-order chi connectivity index (χ0) is 14.6. The van der Waals surface area contributed by atoms with E-state index >= 15 is 0 Å². The average molecular weight is 344 g/mol. The summed E-state index contributed by atoms with van der Waals surface area (Å²) in [6, 6.07) is 5.01. The van der Waals surface area contributed by atoms with Gasteiger partial charge < -0.3 is 10.1 Å². The van der Waals surface area contributed by atoms with Crippen molar-refractivity contribution in [1.29, 1.82) is 0 Å². The van der Waals surface area contributed by atoms with Gasteiger partial charge >= 0.3 is 0 Å². The molecule has 0 amide bonds. The van der Waals surface area contributed by atoms with Crippen LogP contribution in [0.3, 0.4) is 0 Å². The molecule has 1 aliphatic rings. The van der Waals surface area contributed by atoms with Gasteiger partial charge in [-0.25, -0.2) is 4.39 Å². The largest absolute Gasteiger partial charge is 0.373 e. The molecule has 2 nitrogen and oxygen atoms in total. The summed E-state index contributed by atoms with van der Waals surface area (Å²) in [4.78, 5) is 0. The molecule has 0 spiro atoms. The molecule has 0 saturated carbocycles. The molecule has 112 valence electrons. The van der Waals surface area contributed by atoms with Crippen molar-refractivity contribution in [3.63, 3.8) is 0 Å². The Morgan fingerprint density at radius 1 is 1.45 bits per heavy atom. The first-order valence-electron chi connectivity index (χ1n) is 7.39. The fraction of sp³-hybridized carbons (Fsp3) is 0.625. The molecule has 20 heavy (non-hydrogen) atoms. The van der Waals surface area contributed by atoms with Crippen molar-refractivity contribution in [3.05, 3.63) is 34.1 Å². The lowest BCUT2D eigenvalue weighted by Crippen LogP contribution is -2.46. The lowest BCUT2D eigenvalue weighted by molar-refractivity contribution is -0.0903. The fourth-order valence-corrected chi connectivity index (χ4v) is 3.24. The molecule has 0 bridgehead atoms. The van der Waals surface area contributed by atoms with Gasteiger partial charge in [-0.1, -0.05) is 22.9 Å². The summed E-state index contributed by atoms with van der Waals surface area (Å²) in [5.74, 6) is -0.169. The molecule has 1 aromatic rings. The van der Waals surface area contributed by atoms with Crippen LogP contribution in [0.1, 0.15) is 51.1 Å². The third kappa shape index (κ3) is 3.60. The molecule has 1 aromatic carbocycles. The molecule has 1 N–H and O–H groups in total. The Morgan fingerprint density at radius 2 is 2.25 bits per heavy atom. The minimum Gasteiger partial charge on any atom is -0.373 e. The minimum atomic E-state index is -0.338. The van der Waals surface area contributed by atoms with Gasteiger partial charge in [0.15, 0.2) is 0 Å². The molecule has 1 heterocycles. The van der Waals surface area contributed by atoms with E-state index in [1.54, 1.807) is 6.07 Å². The van der Waals surface area contributed by atoms with Crippen LogP contribution >= 0.6 is 15.9 Å². The van der Waals surface area contributed by atoms with Crippen LogP contribution in [0.4, 0.5) is 4.39 Å². The first-order chi connectivity index (χ1) is 9.57. The number of hydrogen-bond donors (Lipinski definition) is 1. The molecule has 2 atom stereocenters. The zero-order valence-corrected chi connectivity index (χ0v) is 13.8. The van der Waals surface area contributed by atoms with Crippen LogP contribution in [-0.2, 0) is 4.74 Å². The lowest BCUT2D eigenvalue weighted by Gasteiger charge is -2.41. The van der Waals surface area contributed by atoms with Gasteiger partial charge in [-0.2, -0.15) is 0 Å². The molecule has 0 aliphatic carbocycles. The summed E-state index contributed by atoms with van der Waals surface area (Å²) in [6.45, 7) is 5.83. The molecular weight excluding hydrogens is 321 g/mol. The molecule has 4 heteroatoms. The highest BCUT2D eigenvalue weighted by atomic mass is 79.9. The van der Waals surface area contributed by atoms with Gasteiger partial charge in [-0.05, 0) is 57.4 Å².